The van der Waals surface area contributed by atoms with E-state index in [2.05, 4.69) is 18.8 Å². The first-order valence-electron chi connectivity index (χ1n) is 9.87. The normalized spacial score (nSPS) is 14.6. The minimum absolute atomic E-state index is 0. The lowest BCUT2D eigenvalue weighted by molar-refractivity contribution is -0.130. The average Bonchev–Trinajstić information content (AvgIpc) is 3.04. The van der Waals surface area contributed by atoms with E-state index in [1.165, 1.54) is 16.9 Å². The van der Waals surface area contributed by atoms with Crippen molar-refractivity contribution in [2.75, 3.05) is 13.6 Å². The standard InChI is InChI=1S/C20H30N4O2S.ClH/c1-13(2)15(21)8-10-23(3)17(25)9-11-24-12-22-19-18(20(24)26)14-6-4-5-7-16(14)27-19;/h12-13,15H,4-11,21H2,1-3H3;1H. The summed E-state index contributed by atoms with van der Waals surface area (Å²) in [7, 11) is 1.80. The maximum atomic E-state index is 12.9. The number of nitrogens with two attached hydrogens (primary N) is 1. The Morgan fingerprint density at radius 2 is 2.07 bits per heavy atom. The third-order valence-electron chi connectivity index (χ3n) is 5.59. The summed E-state index contributed by atoms with van der Waals surface area (Å²) in [6, 6.07) is 0.0965. The van der Waals surface area contributed by atoms with Crippen molar-refractivity contribution in [3.63, 3.8) is 0 Å². The van der Waals surface area contributed by atoms with Gasteiger partial charge in [-0.1, -0.05) is 13.8 Å². The molecule has 0 saturated carbocycles. The fourth-order valence-electron chi connectivity index (χ4n) is 3.55. The van der Waals surface area contributed by atoms with Crippen LogP contribution in [-0.4, -0.2) is 40.0 Å². The van der Waals surface area contributed by atoms with E-state index in [4.69, 9.17) is 5.73 Å². The lowest BCUT2D eigenvalue weighted by atomic mass is 9.97. The molecule has 28 heavy (non-hydrogen) atoms. The number of hydrogen-bond acceptors (Lipinski definition) is 5. The van der Waals surface area contributed by atoms with Gasteiger partial charge in [-0.15, -0.1) is 23.7 Å². The Morgan fingerprint density at radius 3 is 2.79 bits per heavy atom. The van der Waals surface area contributed by atoms with Gasteiger partial charge in [0.2, 0.25) is 5.91 Å². The molecule has 0 radical (unpaired) electrons. The molecule has 3 rings (SSSR count). The molecule has 8 heteroatoms. The average molecular weight is 427 g/mol. The quantitative estimate of drug-likeness (QED) is 0.737. The zero-order chi connectivity index (χ0) is 19.6. The largest absolute Gasteiger partial charge is 0.346 e. The summed E-state index contributed by atoms with van der Waals surface area (Å²) >= 11 is 1.65. The SMILES string of the molecule is CC(C)C(N)CCN(C)C(=O)CCn1cnc2sc3c(c2c1=O)CCCC3.Cl. The molecule has 0 fully saturated rings. The van der Waals surface area contributed by atoms with Crippen molar-refractivity contribution >= 4 is 39.9 Å². The molecule has 0 aromatic carbocycles. The van der Waals surface area contributed by atoms with Crippen LogP contribution in [0.3, 0.4) is 0 Å². The molecule has 0 aliphatic heterocycles. The van der Waals surface area contributed by atoms with Crippen molar-refractivity contribution in [3.05, 3.63) is 27.1 Å². The topological polar surface area (TPSA) is 81.2 Å². The molecule has 0 spiro atoms. The van der Waals surface area contributed by atoms with Crippen LogP contribution < -0.4 is 11.3 Å². The van der Waals surface area contributed by atoms with Gasteiger partial charge < -0.3 is 10.6 Å². The molecule has 2 aromatic rings. The van der Waals surface area contributed by atoms with E-state index in [0.29, 0.717) is 25.4 Å². The molecular formula is C20H31ClN4O2S. The molecule has 1 atom stereocenters. The number of halogens is 1. The molecule has 2 heterocycles. The molecule has 1 aliphatic carbocycles. The Bertz CT molecular complexity index is 877. The zero-order valence-electron chi connectivity index (χ0n) is 16.9. The molecule has 1 unspecified atom stereocenters. The number of carbonyl (C=O) groups excluding carboxylic acids is 1. The Kier molecular flexibility index (Phi) is 8.04. The van der Waals surface area contributed by atoms with Crippen LogP contribution in [0.25, 0.3) is 10.2 Å². The minimum atomic E-state index is -0.00307. The first kappa shape index (κ1) is 22.8. The van der Waals surface area contributed by atoms with E-state index in [0.717, 1.165) is 35.9 Å². The number of fused-ring (bicyclic) bond motifs is 3. The Balaban J connectivity index is 0.00000280. The number of aromatic nitrogens is 2. The van der Waals surface area contributed by atoms with Crippen LogP contribution in [0.5, 0.6) is 0 Å². The number of thiophene rings is 1. The van der Waals surface area contributed by atoms with Gasteiger partial charge in [0.25, 0.3) is 5.56 Å². The summed E-state index contributed by atoms with van der Waals surface area (Å²) in [4.78, 5) is 33.7. The van der Waals surface area contributed by atoms with Crippen LogP contribution in [0, 0.1) is 5.92 Å². The fraction of sp³-hybridized carbons (Fsp3) is 0.650. The van der Waals surface area contributed by atoms with Crippen molar-refractivity contribution in [3.8, 4) is 0 Å². The van der Waals surface area contributed by atoms with Gasteiger partial charge in [-0.25, -0.2) is 4.98 Å². The fourth-order valence-corrected chi connectivity index (χ4v) is 4.77. The van der Waals surface area contributed by atoms with Crippen molar-refractivity contribution < 1.29 is 4.79 Å². The zero-order valence-corrected chi connectivity index (χ0v) is 18.6. The van der Waals surface area contributed by atoms with Crippen LogP contribution in [-0.2, 0) is 24.2 Å². The van der Waals surface area contributed by atoms with Crippen LogP contribution in [0.4, 0.5) is 0 Å². The van der Waals surface area contributed by atoms with E-state index >= 15 is 0 Å². The van der Waals surface area contributed by atoms with Gasteiger partial charge in [0.15, 0.2) is 0 Å². The summed E-state index contributed by atoms with van der Waals surface area (Å²) in [5.74, 6) is 0.437. The maximum Gasteiger partial charge on any atom is 0.262 e. The highest BCUT2D eigenvalue weighted by atomic mass is 35.5. The van der Waals surface area contributed by atoms with Gasteiger partial charge in [-0.3, -0.25) is 14.2 Å². The summed E-state index contributed by atoms with van der Waals surface area (Å²) in [6.07, 6.45) is 7.02. The van der Waals surface area contributed by atoms with Gasteiger partial charge in [0, 0.05) is 37.5 Å². The van der Waals surface area contributed by atoms with E-state index in [-0.39, 0.29) is 29.9 Å². The summed E-state index contributed by atoms with van der Waals surface area (Å²) in [6.45, 7) is 5.19. The van der Waals surface area contributed by atoms with Crippen LogP contribution in [0.1, 0.15) is 50.0 Å². The third kappa shape index (κ3) is 4.93. The molecule has 0 saturated heterocycles. The maximum absolute atomic E-state index is 12.9. The molecule has 2 aromatic heterocycles. The van der Waals surface area contributed by atoms with E-state index < -0.39 is 0 Å². The first-order chi connectivity index (χ1) is 12.9. The highest BCUT2D eigenvalue weighted by Crippen LogP contribution is 2.33. The van der Waals surface area contributed by atoms with Gasteiger partial charge >= 0.3 is 0 Å². The highest BCUT2D eigenvalue weighted by Gasteiger charge is 2.20. The smallest absolute Gasteiger partial charge is 0.262 e. The van der Waals surface area contributed by atoms with Crippen LogP contribution in [0.2, 0.25) is 0 Å². The third-order valence-corrected chi connectivity index (χ3v) is 6.79. The second-order valence-corrected chi connectivity index (χ2v) is 8.98. The summed E-state index contributed by atoms with van der Waals surface area (Å²) < 4.78 is 1.59. The van der Waals surface area contributed by atoms with Gasteiger partial charge in [-0.05, 0) is 43.6 Å². The van der Waals surface area contributed by atoms with Gasteiger partial charge in [0.1, 0.15) is 4.83 Å². The number of aryl methyl sites for hydroxylation is 3. The van der Waals surface area contributed by atoms with Crippen molar-refractivity contribution in [1.29, 1.82) is 0 Å². The van der Waals surface area contributed by atoms with Crippen LogP contribution >= 0.6 is 23.7 Å². The second-order valence-electron chi connectivity index (χ2n) is 7.90. The van der Waals surface area contributed by atoms with Crippen molar-refractivity contribution in [2.45, 2.75) is 65.0 Å². The molecule has 2 N–H and O–H groups in total. The van der Waals surface area contributed by atoms with E-state index in [1.807, 2.05) is 0 Å². The van der Waals surface area contributed by atoms with Gasteiger partial charge in [0.05, 0.1) is 11.7 Å². The minimum Gasteiger partial charge on any atom is -0.346 e. The molecular weight excluding hydrogens is 396 g/mol. The number of nitrogens with zero attached hydrogens (tertiary/aromatic N) is 3. The summed E-state index contributed by atoms with van der Waals surface area (Å²) in [5, 5.41) is 0.779. The molecule has 6 nitrogen and oxygen atoms in total. The highest BCUT2D eigenvalue weighted by molar-refractivity contribution is 7.18. The monoisotopic (exact) mass is 426 g/mol. The lowest BCUT2D eigenvalue weighted by Crippen LogP contribution is -2.35. The number of amides is 1. The van der Waals surface area contributed by atoms with Gasteiger partial charge in [-0.2, -0.15) is 0 Å². The summed E-state index contributed by atoms with van der Waals surface area (Å²) in [5.41, 5.74) is 7.25. The second kappa shape index (κ2) is 9.85. The van der Waals surface area contributed by atoms with E-state index in [1.54, 1.807) is 34.2 Å². The van der Waals surface area contributed by atoms with Crippen molar-refractivity contribution in [2.24, 2.45) is 11.7 Å². The molecule has 1 amide bonds. The van der Waals surface area contributed by atoms with Crippen LogP contribution in [0.15, 0.2) is 11.1 Å². The number of carbonyl (C=O) groups is 1. The molecule has 0 bridgehead atoms. The Morgan fingerprint density at radius 1 is 1.36 bits per heavy atom. The Hall–Kier alpha value is -1.44. The van der Waals surface area contributed by atoms with E-state index in [9.17, 15) is 9.59 Å². The first-order valence-corrected chi connectivity index (χ1v) is 10.7. The predicted molar refractivity (Wildman–Crippen MR) is 117 cm³/mol. The lowest BCUT2D eigenvalue weighted by Gasteiger charge is -2.21. The molecule has 156 valence electrons. The number of rotatable bonds is 7. The Labute approximate surface area is 176 Å². The van der Waals surface area contributed by atoms with Crippen molar-refractivity contribution in [1.82, 2.24) is 14.5 Å². The molecule has 1 aliphatic rings. The predicted octanol–water partition coefficient (Wildman–Crippen LogP) is 2.98. The number of hydrogen-bond donors (Lipinski definition) is 1.